The van der Waals surface area contributed by atoms with Gasteiger partial charge in [0.05, 0.1) is 6.04 Å². The number of hydrogen-bond acceptors (Lipinski definition) is 2. The Morgan fingerprint density at radius 3 is 2.04 bits per heavy atom. The van der Waals surface area contributed by atoms with Crippen LogP contribution < -0.4 is 0 Å². The van der Waals surface area contributed by atoms with Gasteiger partial charge in [0, 0.05) is 25.2 Å². The normalized spacial score (nSPS) is 22.9. The van der Waals surface area contributed by atoms with Crippen molar-refractivity contribution < 1.29 is 0 Å². The highest BCUT2D eigenvalue weighted by molar-refractivity contribution is 5.32. The molecule has 0 bridgehead atoms. The highest BCUT2D eigenvalue weighted by Gasteiger charge is 2.39. The molecule has 2 fully saturated rings. The molecular weight excluding hydrogens is 304 g/mol. The van der Waals surface area contributed by atoms with Gasteiger partial charge in [-0.3, -0.25) is 9.80 Å². The highest BCUT2D eigenvalue weighted by atomic mass is 15.3. The van der Waals surface area contributed by atoms with Gasteiger partial charge in [-0.15, -0.1) is 0 Å². The summed E-state index contributed by atoms with van der Waals surface area (Å²) in [6.45, 7) is 6.06. The molecule has 0 amide bonds. The van der Waals surface area contributed by atoms with Crippen LogP contribution in [0.5, 0.6) is 0 Å². The van der Waals surface area contributed by atoms with Crippen LogP contribution in [0.3, 0.4) is 0 Å². The largest absolute Gasteiger partial charge is 0.295 e. The fraction of sp³-hybridized carbons (Fsp3) is 0.478. The van der Waals surface area contributed by atoms with E-state index >= 15 is 0 Å². The predicted octanol–water partition coefficient (Wildman–Crippen LogP) is 4.72. The molecule has 2 saturated heterocycles. The van der Waals surface area contributed by atoms with Gasteiger partial charge in [-0.25, -0.2) is 0 Å². The Labute approximate surface area is 152 Å². The molecule has 2 aliphatic heterocycles. The van der Waals surface area contributed by atoms with E-state index in [9.17, 15) is 0 Å². The van der Waals surface area contributed by atoms with Gasteiger partial charge in [-0.1, -0.05) is 74.0 Å². The fourth-order valence-corrected chi connectivity index (χ4v) is 4.74. The van der Waals surface area contributed by atoms with Gasteiger partial charge in [0.15, 0.2) is 0 Å². The van der Waals surface area contributed by atoms with Gasteiger partial charge < -0.3 is 0 Å². The average molecular weight is 335 g/mol. The van der Waals surface area contributed by atoms with E-state index in [4.69, 9.17) is 0 Å². The third-order valence-corrected chi connectivity index (χ3v) is 6.10. The maximum absolute atomic E-state index is 2.81. The topological polar surface area (TPSA) is 6.48 Å². The number of benzene rings is 2. The summed E-state index contributed by atoms with van der Waals surface area (Å²) in [5.74, 6) is 0. The molecule has 0 aromatic heterocycles. The van der Waals surface area contributed by atoms with Crippen molar-refractivity contribution in [3.8, 4) is 0 Å². The maximum atomic E-state index is 2.81. The Kier molecular flexibility index (Phi) is 5.19. The third-order valence-electron chi connectivity index (χ3n) is 6.10. The number of rotatable bonds is 5. The molecule has 2 aliphatic rings. The SMILES string of the molecule is CCC1CCCCN1C1CN(C(c2ccccc2)c2ccccc2)C1. The second-order valence-electron chi connectivity index (χ2n) is 7.63. The molecule has 4 rings (SSSR count). The molecule has 1 unspecified atom stereocenters. The quantitative estimate of drug-likeness (QED) is 0.780. The minimum absolute atomic E-state index is 0.392. The smallest absolute Gasteiger partial charge is 0.0602 e. The number of nitrogens with zero attached hydrogens (tertiary/aromatic N) is 2. The van der Waals surface area contributed by atoms with Crippen LogP contribution in [0.1, 0.15) is 49.8 Å². The molecule has 2 nitrogen and oxygen atoms in total. The highest BCUT2D eigenvalue weighted by Crippen LogP contribution is 2.35. The summed E-state index contributed by atoms with van der Waals surface area (Å²) < 4.78 is 0. The first-order valence-electron chi connectivity index (χ1n) is 9.96. The molecule has 0 N–H and O–H groups in total. The Hall–Kier alpha value is -1.64. The van der Waals surface area contributed by atoms with Crippen molar-refractivity contribution in [1.29, 1.82) is 0 Å². The van der Waals surface area contributed by atoms with Crippen LogP contribution in [0.15, 0.2) is 60.7 Å². The van der Waals surface area contributed by atoms with Crippen LogP contribution in [0.25, 0.3) is 0 Å². The summed E-state index contributed by atoms with van der Waals surface area (Å²) in [4.78, 5) is 5.48. The van der Waals surface area contributed by atoms with Crippen LogP contribution in [-0.2, 0) is 0 Å². The van der Waals surface area contributed by atoms with Crippen molar-refractivity contribution in [2.24, 2.45) is 0 Å². The lowest BCUT2D eigenvalue weighted by molar-refractivity contribution is -0.0220. The van der Waals surface area contributed by atoms with E-state index in [1.807, 2.05) is 0 Å². The number of likely N-dealkylation sites (tertiary alicyclic amines) is 2. The summed E-state index contributed by atoms with van der Waals surface area (Å²) >= 11 is 0. The first-order chi connectivity index (χ1) is 12.4. The molecule has 0 spiro atoms. The molecule has 1 atom stereocenters. The predicted molar refractivity (Wildman–Crippen MR) is 105 cm³/mol. The van der Waals surface area contributed by atoms with E-state index in [1.165, 1.54) is 56.4 Å². The molecule has 2 heterocycles. The van der Waals surface area contributed by atoms with E-state index in [1.54, 1.807) is 0 Å². The van der Waals surface area contributed by atoms with E-state index in [2.05, 4.69) is 77.4 Å². The fourth-order valence-electron chi connectivity index (χ4n) is 4.74. The van der Waals surface area contributed by atoms with Crippen LogP contribution in [0.2, 0.25) is 0 Å². The Balaban J connectivity index is 1.51. The molecule has 2 heteroatoms. The Morgan fingerprint density at radius 2 is 1.48 bits per heavy atom. The minimum atomic E-state index is 0.392. The standard InChI is InChI=1S/C23H30N2/c1-2-21-15-9-10-16-25(21)22-17-24(18-22)23(19-11-5-3-6-12-19)20-13-7-4-8-14-20/h3-8,11-14,21-23H,2,9-10,15-18H2,1H3. The van der Waals surface area contributed by atoms with Crippen LogP contribution in [0, 0.1) is 0 Å². The van der Waals surface area contributed by atoms with E-state index in [-0.39, 0.29) is 0 Å². The average Bonchev–Trinajstić information content (AvgIpc) is 2.66. The first kappa shape index (κ1) is 16.8. The van der Waals surface area contributed by atoms with Crippen LogP contribution in [-0.4, -0.2) is 41.5 Å². The zero-order valence-electron chi connectivity index (χ0n) is 15.3. The lowest BCUT2D eigenvalue weighted by Gasteiger charge is -2.52. The molecule has 132 valence electrons. The van der Waals surface area contributed by atoms with E-state index in [0.29, 0.717) is 6.04 Å². The van der Waals surface area contributed by atoms with Gasteiger partial charge >= 0.3 is 0 Å². The van der Waals surface area contributed by atoms with E-state index in [0.717, 1.165) is 12.1 Å². The van der Waals surface area contributed by atoms with Crippen molar-refractivity contribution in [1.82, 2.24) is 9.80 Å². The van der Waals surface area contributed by atoms with Crippen molar-refractivity contribution in [3.63, 3.8) is 0 Å². The summed E-state index contributed by atoms with van der Waals surface area (Å²) in [7, 11) is 0. The summed E-state index contributed by atoms with van der Waals surface area (Å²) in [5.41, 5.74) is 2.83. The molecule has 0 aliphatic carbocycles. The van der Waals surface area contributed by atoms with Crippen LogP contribution >= 0.6 is 0 Å². The van der Waals surface area contributed by atoms with Crippen molar-refractivity contribution in [2.45, 2.75) is 50.7 Å². The second-order valence-corrected chi connectivity index (χ2v) is 7.63. The van der Waals surface area contributed by atoms with Gasteiger partial charge in [0.25, 0.3) is 0 Å². The Bertz CT molecular complexity index is 609. The van der Waals surface area contributed by atoms with Gasteiger partial charge in [0.1, 0.15) is 0 Å². The van der Waals surface area contributed by atoms with Crippen LogP contribution in [0.4, 0.5) is 0 Å². The second kappa shape index (κ2) is 7.72. The van der Waals surface area contributed by atoms with Crippen molar-refractivity contribution >= 4 is 0 Å². The van der Waals surface area contributed by atoms with Gasteiger partial charge in [-0.2, -0.15) is 0 Å². The minimum Gasteiger partial charge on any atom is -0.295 e. The maximum Gasteiger partial charge on any atom is 0.0602 e. The first-order valence-corrected chi connectivity index (χ1v) is 9.96. The van der Waals surface area contributed by atoms with E-state index < -0.39 is 0 Å². The van der Waals surface area contributed by atoms with Crippen molar-refractivity contribution in [3.05, 3.63) is 71.8 Å². The zero-order chi connectivity index (χ0) is 17.1. The summed E-state index contributed by atoms with van der Waals surface area (Å²) in [5, 5.41) is 0. The zero-order valence-corrected chi connectivity index (χ0v) is 15.3. The monoisotopic (exact) mass is 334 g/mol. The molecule has 25 heavy (non-hydrogen) atoms. The molecular formula is C23H30N2. The number of piperidine rings is 1. The lowest BCUT2D eigenvalue weighted by Crippen LogP contribution is -2.63. The van der Waals surface area contributed by atoms with Gasteiger partial charge in [0.2, 0.25) is 0 Å². The number of hydrogen-bond donors (Lipinski definition) is 0. The molecule has 0 saturated carbocycles. The molecule has 0 radical (unpaired) electrons. The van der Waals surface area contributed by atoms with Crippen molar-refractivity contribution in [2.75, 3.05) is 19.6 Å². The summed E-state index contributed by atoms with van der Waals surface area (Å²) in [6, 6.07) is 24.0. The Morgan fingerprint density at radius 1 is 0.880 bits per heavy atom. The molecule has 2 aromatic carbocycles. The van der Waals surface area contributed by atoms with Gasteiger partial charge in [-0.05, 0) is 36.9 Å². The lowest BCUT2D eigenvalue weighted by atomic mass is 9.90. The summed E-state index contributed by atoms with van der Waals surface area (Å²) in [6.07, 6.45) is 5.50. The molecule has 2 aromatic rings. The third kappa shape index (κ3) is 3.51.